The molecule has 0 saturated carbocycles. The highest BCUT2D eigenvalue weighted by Crippen LogP contribution is 2.12. The van der Waals surface area contributed by atoms with Crippen LogP contribution in [0.4, 0.5) is 10.1 Å². The average Bonchev–Trinajstić information content (AvgIpc) is 2.43. The minimum Gasteiger partial charge on any atom is -0.369 e. The van der Waals surface area contributed by atoms with Crippen LogP contribution in [0.5, 0.6) is 0 Å². The van der Waals surface area contributed by atoms with Gasteiger partial charge >= 0.3 is 0 Å². The number of primary amides is 1. The molecule has 0 bridgehead atoms. The third-order valence-electron chi connectivity index (χ3n) is 3.36. The predicted octanol–water partition coefficient (Wildman–Crippen LogP) is -0.133. The van der Waals surface area contributed by atoms with Crippen molar-refractivity contribution in [1.29, 1.82) is 0 Å². The Labute approximate surface area is 122 Å². The molecule has 3 N–H and O–H groups in total. The second-order valence-corrected chi connectivity index (χ2v) is 5.05. The summed E-state index contributed by atoms with van der Waals surface area (Å²) in [6.07, 6.45) is 0. The Morgan fingerprint density at radius 1 is 1.10 bits per heavy atom. The van der Waals surface area contributed by atoms with Gasteiger partial charge in [-0.1, -0.05) is 12.1 Å². The van der Waals surface area contributed by atoms with Crippen LogP contribution < -0.4 is 11.1 Å². The Bertz CT molecular complexity index is 515. The average molecular weight is 294 g/mol. The maximum absolute atomic E-state index is 13.4. The minimum atomic E-state index is -0.447. The number of piperazine rings is 1. The number of para-hydroxylation sites is 1. The number of rotatable bonds is 5. The molecule has 1 saturated heterocycles. The number of amides is 2. The van der Waals surface area contributed by atoms with Crippen LogP contribution in [0.3, 0.4) is 0 Å². The monoisotopic (exact) mass is 294 g/mol. The first-order chi connectivity index (χ1) is 10.0. The summed E-state index contributed by atoms with van der Waals surface area (Å²) in [6.45, 7) is 3.19. The van der Waals surface area contributed by atoms with Gasteiger partial charge in [0.15, 0.2) is 0 Å². The molecule has 2 rings (SSSR count). The molecule has 1 aromatic carbocycles. The highest BCUT2D eigenvalue weighted by molar-refractivity contribution is 5.92. The molecule has 114 valence electrons. The topological polar surface area (TPSA) is 78.7 Å². The van der Waals surface area contributed by atoms with Crippen molar-refractivity contribution in [3.8, 4) is 0 Å². The zero-order valence-electron chi connectivity index (χ0n) is 11.7. The first-order valence-corrected chi connectivity index (χ1v) is 6.82. The van der Waals surface area contributed by atoms with Gasteiger partial charge in [-0.3, -0.25) is 19.4 Å². The molecule has 1 aliphatic heterocycles. The van der Waals surface area contributed by atoms with E-state index in [1.54, 1.807) is 12.1 Å². The summed E-state index contributed by atoms with van der Waals surface area (Å²) in [5, 5.41) is 2.56. The summed E-state index contributed by atoms with van der Waals surface area (Å²) in [4.78, 5) is 26.6. The lowest BCUT2D eigenvalue weighted by molar-refractivity contribution is -0.121. The Morgan fingerprint density at radius 2 is 1.67 bits per heavy atom. The van der Waals surface area contributed by atoms with Crippen molar-refractivity contribution < 1.29 is 14.0 Å². The van der Waals surface area contributed by atoms with Gasteiger partial charge in [-0.25, -0.2) is 4.39 Å². The predicted molar refractivity (Wildman–Crippen MR) is 77.1 cm³/mol. The summed E-state index contributed by atoms with van der Waals surface area (Å²) >= 11 is 0. The van der Waals surface area contributed by atoms with E-state index in [9.17, 15) is 14.0 Å². The van der Waals surface area contributed by atoms with Crippen LogP contribution in [0.25, 0.3) is 0 Å². The van der Waals surface area contributed by atoms with E-state index in [0.717, 1.165) is 0 Å². The number of hydrogen-bond acceptors (Lipinski definition) is 4. The molecule has 1 aliphatic rings. The molecule has 7 heteroatoms. The maximum atomic E-state index is 13.4. The molecule has 21 heavy (non-hydrogen) atoms. The molecule has 1 aromatic rings. The maximum Gasteiger partial charge on any atom is 0.238 e. The van der Waals surface area contributed by atoms with Crippen molar-refractivity contribution in [1.82, 2.24) is 9.80 Å². The number of halogens is 1. The molecular formula is C14H19FN4O2. The summed E-state index contributed by atoms with van der Waals surface area (Å²) in [5.74, 6) is -1.04. The van der Waals surface area contributed by atoms with Crippen molar-refractivity contribution in [2.45, 2.75) is 0 Å². The van der Waals surface area contributed by atoms with Gasteiger partial charge in [-0.15, -0.1) is 0 Å². The molecule has 0 aliphatic carbocycles. The van der Waals surface area contributed by atoms with Gasteiger partial charge in [-0.2, -0.15) is 0 Å². The Balaban J connectivity index is 1.77. The molecule has 0 atom stereocenters. The van der Waals surface area contributed by atoms with Gasteiger partial charge < -0.3 is 11.1 Å². The molecule has 1 heterocycles. The molecule has 0 radical (unpaired) electrons. The number of nitrogens with one attached hydrogen (secondary N) is 1. The molecule has 0 spiro atoms. The van der Waals surface area contributed by atoms with Gasteiger partial charge in [0, 0.05) is 26.2 Å². The number of benzene rings is 1. The van der Waals surface area contributed by atoms with E-state index in [0.29, 0.717) is 26.2 Å². The lowest BCUT2D eigenvalue weighted by Crippen LogP contribution is -2.50. The summed E-state index contributed by atoms with van der Waals surface area (Å²) in [7, 11) is 0. The minimum absolute atomic E-state index is 0.190. The quantitative estimate of drug-likeness (QED) is 0.793. The van der Waals surface area contributed by atoms with Crippen LogP contribution in [0.15, 0.2) is 24.3 Å². The van der Waals surface area contributed by atoms with E-state index >= 15 is 0 Å². The first-order valence-electron chi connectivity index (χ1n) is 6.82. The summed E-state index contributed by atoms with van der Waals surface area (Å²) in [6, 6.07) is 6.07. The van der Waals surface area contributed by atoms with Crippen LogP contribution in [-0.2, 0) is 9.59 Å². The number of carbonyl (C=O) groups excluding carboxylic acids is 2. The fourth-order valence-corrected chi connectivity index (χ4v) is 2.28. The zero-order chi connectivity index (χ0) is 15.2. The molecule has 2 amide bonds. The van der Waals surface area contributed by atoms with E-state index < -0.39 is 5.82 Å². The fraction of sp³-hybridized carbons (Fsp3) is 0.429. The van der Waals surface area contributed by atoms with Gasteiger partial charge in [-0.05, 0) is 12.1 Å². The van der Waals surface area contributed by atoms with E-state index in [-0.39, 0.29) is 30.6 Å². The van der Waals surface area contributed by atoms with Crippen molar-refractivity contribution in [3.63, 3.8) is 0 Å². The smallest absolute Gasteiger partial charge is 0.238 e. The largest absolute Gasteiger partial charge is 0.369 e. The van der Waals surface area contributed by atoms with Crippen LogP contribution in [0.1, 0.15) is 0 Å². The molecular weight excluding hydrogens is 275 g/mol. The standard InChI is InChI=1S/C14H19FN4O2/c15-11-3-1-2-4-12(11)17-14(21)10-19-7-5-18(6-8-19)9-13(16)20/h1-4H,5-10H2,(H2,16,20)(H,17,21). The third-order valence-corrected chi connectivity index (χ3v) is 3.36. The zero-order valence-corrected chi connectivity index (χ0v) is 11.7. The van der Waals surface area contributed by atoms with Gasteiger partial charge in [0.2, 0.25) is 11.8 Å². The van der Waals surface area contributed by atoms with Crippen LogP contribution in [0.2, 0.25) is 0 Å². The van der Waals surface area contributed by atoms with Crippen molar-refractivity contribution in [3.05, 3.63) is 30.1 Å². The Morgan fingerprint density at radius 3 is 2.24 bits per heavy atom. The van der Waals surface area contributed by atoms with E-state index in [2.05, 4.69) is 5.32 Å². The van der Waals surface area contributed by atoms with Gasteiger partial charge in [0.05, 0.1) is 18.8 Å². The highest BCUT2D eigenvalue weighted by Gasteiger charge is 2.20. The number of anilines is 1. The molecule has 1 fully saturated rings. The van der Waals surface area contributed by atoms with Crippen LogP contribution in [-0.4, -0.2) is 60.9 Å². The number of nitrogens with zero attached hydrogens (tertiary/aromatic N) is 2. The second-order valence-electron chi connectivity index (χ2n) is 5.05. The lowest BCUT2D eigenvalue weighted by Gasteiger charge is -2.33. The van der Waals surface area contributed by atoms with E-state index in [1.165, 1.54) is 12.1 Å². The molecule has 0 aromatic heterocycles. The van der Waals surface area contributed by atoms with Crippen molar-refractivity contribution >= 4 is 17.5 Å². The van der Waals surface area contributed by atoms with Crippen LogP contribution >= 0.6 is 0 Å². The van der Waals surface area contributed by atoms with Crippen LogP contribution in [0, 0.1) is 5.82 Å². The van der Waals surface area contributed by atoms with Crippen molar-refractivity contribution in [2.75, 3.05) is 44.6 Å². The lowest BCUT2D eigenvalue weighted by atomic mass is 10.3. The highest BCUT2D eigenvalue weighted by atomic mass is 19.1. The first kappa shape index (κ1) is 15.4. The number of nitrogens with two attached hydrogens (primary N) is 1. The number of hydrogen-bond donors (Lipinski definition) is 2. The SMILES string of the molecule is NC(=O)CN1CCN(CC(=O)Nc2ccccc2F)CC1. The van der Waals surface area contributed by atoms with Crippen molar-refractivity contribution in [2.24, 2.45) is 5.73 Å². The summed E-state index contributed by atoms with van der Waals surface area (Å²) < 4.78 is 13.4. The third kappa shape index (κ3) is 4.80. The van der Waals surface area contributed by atoms with E-state index in [1.807, 2.05) is 9.80 Å². The fourth-order valence-electron chi connectivity index (χ4n) is 2.28. The van der Waals surface area contributed by atoms with Gasteiger partial charge in [0.1, 0.15) is 5.82 Å². The molecule has 0 unspecified atom stereocenters. The Kier molecular flexibility index (Phi) is 5.24. The molecule has 6 nitrogen and oxygen atoms in total. The Hall–Kier alpha value is -1.99. The second kappa shape index (κ2) is 7.14. The normalized spacial score (nSPS) is 16.6. The van der Waals surface area contributed by atoms with E-state index in [4.69, 9.17) is 5.73 Å². The number of carbonyl (C=O) groups is 2. The summed E-state index contributed by atoms with van der Waals surface area (Å²) in [5.41, 5.74) is 5.33. The van der Waals surface area contributed by atoms with Gasteiger partial charge in [0.25, 0.3) is 0 Å².